The predicted octanol–water partition coefficient (Wildman–Crippen LogP) is 3.26. The molecule has 1 N–H and O–H groups in total. The number of methoxy groups -OCH3 is 1. The van der Waals surface area contributed by atoms with Crippen LogP contribution in [-0.2, 0) is 9.47 Å². The number of aliphatic hydroxyl groups excluding tert-OH is 1. The van der Waals surface area contributed by atoms with Crippen molar-refractivity contribution in [1.29, 1.82) is 0 Å². The summed E-state index contributed by atoms with van der Waals surface area (Å²) in [5.41, 5.74) is 2.47. The summed E-state index contributed by atoms with van der Waals surface area (Å²) in [6.07, 6.45) is 9.43. The van der Waals surface area contributed by atoms with Crippen LogP contribution in [0.25, 0.3) is 0 Å². The number of hydrogen-bond acceptors (Lipinski definition) is 3. The van der Waals surface area contributed by atoms with E-state index < -0.39 is 6.10 Å². The van der Waals surface area contributed by atoms with Crippen LogP contribution in [0.15, 0.2) is 35.5 Å². The highest BCUT2D eigenvalue weighted by Gasteiger charge is 2.21. The lowest BCUT2D eigenvalue weighted by atomic mass is 9.96. The van der Waals surface area contributed by atoms with Gasteiger partial charge in [-0.3, -0.25) is 0 Å². The molecule has 0 spiro atoms. The lowest BCUT2D eigenvalue weighted by molar-refractivity contribution is -0.00199. The van der Waals surface area contributed by atoms with E-state index in [1.807, 2.05) is 19.9 Å². The van der Waals surface area contributed by atoms with E-state index in [0.717, 1.165) is 18.4 Å². The summed E-state index contributed by atoms with van der Waals surface area (Å²) < 4.78 is 11.0. The molecule has 0 aliphatic carbocycles. The van der Waals surface area contributed by atoms with Crippen LogP contribution in [0.2, 0.25) is 0 Å². The van der Waals surface area contributed by atoms with E-state index in [-0.39, 0.29) is 12.0 Å². The standard InChI is InChI=1S/C17H28O3/c1-13-7-5-6-8-16(19-4)17(18)15(3)11-14(2)12-20-10-9-13/h6,8-9,11,15-18H,5,7,10,12H2,1-4H3. The molecule has 0 aromatic rings. The maximum absolute atomic E-state index is 10.3. The highest BCUT2D eigenvalue weighted by molar-refractivity contribution is 5.07. The molecular formula is C17H28O3. The summed E-state index contributed by atoms with van der Waals surface area (Å²) in [7, 11) is 1.64. The van der Waals surface area contributed by atoms with Crippen molar-refractivity contribution in [3.05, 3.63) is 35.5 Å². The van der Waals surface area contributed by atoms with Gasteiger partial charge in [-0.25, -0.2) is 0 Å². The highest BCUT2D eigenvalue weighted by atomic mass is 16.5. The second-order valence-corrected chi connectivity index (χ2v) is 5.60. The molecule has 0 radical (unpaired) electrons. The maximum Gasteiger partial charge on any atom is 0.102 e. The zero-order valence-corrected chi connectivity index (χ0v) is 13.1. The first-order valence-electron chi connectivity index (χ1n) is 7.32. The second-order valence-electron chi connectivity index (χ2n) is 5.60. The molecule has 0 aromatic heterocycles. The number of rotatable bonds is 1. The molecule has 0 saturated carbocycles. The molecule has 3 heteroatoms. The van der Waals surface area contributed by atoms with Crippen molar-refractivity contribution in [2.45, 2.75) is 45.8 Å². The molecule has 20 heavy (non-hydrogen) atoms. The van der Waals surface area contributed by atoms with Crippen molar-refractivity contribution in [2.75, 3.05) is 20.3 Å². The smallest absolute Gasteiger partial charge is 0.102 e. The van der Waals surface area contributed by atoms with Gasteiger partial charge in [-0.15, -0.1) is 0 Å². The van der Waals surface area contributed by atoms with E-state index >= 15 is 0 Å². The van der Waals surface area contributed by atoms with Crippen LogP contribution in [0.4, 0.5) is 0 Å². The van der Waals surface area contributed by atoms with Gasteiger partial charge in [-0.05, 0) is 26.7 Å². The SMILES string of the molecule is COC1C=CCCC(C)=CCOCC(C)=CC(C)C1O. The molecule has 114 valence electrons. The van der Waals surface area contributed by atoms with Gasteiger partial charge in [0.05, 0.1) is 19.3 Å². The Morgan fingerprint density at radius 1 is 1.30 bits per heavy atom. The van der Waals surface area contributed by atoms with Gasteiger partial charge >= 0.3 is 0 Å². The quantitative estimate of drug-likeness (QED) is 0.749. The fourth-order valence-corrected chi connectivity index (χ4v) is 2.29. The van der Waals surface area contributed by atoms with Crippen LogP contribution in [0.1, 0.15) is 33.6 Å². The normalized spacial score (nSPS) is 30.4. The Balaban J connectivity index is 2.83. The van der Waals surface area contributed by atoms with Gasteiger partial charge in [0.1, 0.15) is 6.10 Å². The molecular weight excluding hydrogens is 252 g/mol. The van der Waals surface area contributed by atoms with Crippen LogP contribution >= 0.6 is 0 Å². The second kappa shape index (κ2) is 9.11. The Morgan fingerprint density at radius 3 is 2.75 bits per heavy atom. The zero-order chi connectivity index (χ0) is 15.0. The van der Waals surface area contributed by atoms with Crippen molar-refractivity contribution >= 4 is 0 Å². The summed E-state index contributed by atoms with van der Waals surface area (Å²) in [6, 6.07) is 0. The molecule has 1 aliphatic rings. The van der Waals surface area contributed by atoms with Gasteiger partial charge in [-0.2, -0.15) is 0 Å². The summed E-state index contributed by atoms with van der Waals surface area (Å²) in [4.78, 5) is 0. The first-order chi connectivity index (χ1) is 9.54. The third-order valence-corrected chi connectivity index (χ3v) is 3.61. The summed E-state index contributed by atoms with van der Waals surface area (Å²) in [5.74, 6) is 0.0356. The van der Waals surface area contributed by atoms with E-state index in [1.54, 1.807) is 7.11 Å². The van der Waals surface area contributed by atoms with Crippen molar-refractivity contribution in [1.82, 2.24) is 0 Å². The zero-order valence-electron chi connectivity index (χ0n) is 13.1. The van der Waals surface area contributed by atoms with Crippen LogP contribution in [0, 0.1) is 5.92 Å². The fraction of sp³-hybridized carbons (Fsp3) is 0.647. The topological polar surface area (TPSA) is 38.7 Å². The number of aliphatic hydroxyl groups is 1. The van der Waals surface area contributed by atoms with E-state index in [2.05, 4.69) is 25.2 Å². The third kappa shape index (κ3) is 6.04. The lowest BCUT2D eigenvalue weighted by Crippen LogP contribution is -2.31. The molecule has 1 rings (SSSR count). The summed E-state index contributed by atoms with van der Waals surface area (Å²) >= 11 is 0. The van der Waals surface area contributed by atoms with E-state index in [0.29, 0.717) is 13.2 Å². The Labute approximate surface area is 123 Å². The largest absolute Gasteiger partial charge is 0.389 e. The third-order valence-electron chi connectivity index (χ3n) is 3.61. The van der Waals surface area contributed by atoms with Crippen molar-refractivity contribution < 1.29 is 14.6 Å². The van der Waals surface area contributed by atoms with Gasteiger partial charge in [0.15, 0.2) is 0 Å². The monoisotopic (exact) mass is 280 g/mol. The van der Waals surface area contributed by atoms with E-state index in [4.69, 9.17) is 9.47 Å². The summed E-state index contributed by atoms with van der Waals surface area (Å²) in [5, 5.41) is 10.3. The van der Waals surface area contributed by atoms with Gasteiger partial charge < -0.3 is 14.6 Å². The van der Waals surface area contributed by atoms with E-state index in [9.17, 15) is 5.11 Å². The van der Waals surface area contributed by atoms with Gasteiger partial charge in [-0.1, -0.05) is 42.4 Å². The molecule has 0 fully saturated rings. The van der Waals surface area contributed by atoms with Crippen LogP contribution in [0.5, 0.6) is 0 Å². The van der Waals surface area contributed by atoms with Crippen molar-refractivity contribution in [2.24, 2.45) is 5.92 Å². The minimum Gasteiger partial charge on any atom is -0.389 e. The minimum absolute atomic E-state index is 0.0356. The first kappa shape index (κ1) is 17.2. The molecule has 0 bridgehead atoms. The lowest BCUT2D eigenvalue weighted by Gasteiger charge is -2.23. The first-order valence-corrected chi connectivity index (χ1v) is 7.32. The molecule has 3 nitrogen and oxygen atoms in total. The highest BCUT2D eigenvalue weighted by Crippen LogP contribution is 2.16. The van der Waals surface area contributed by atoms with Crippen LogP contribution in [-0.4, -0.2) is 37.6 Å². The molecule has 1 aliphatic heterocycles. The molecule has 1 heterocycles. The van der Waals surface area contributed by atoms with Crippen molar-refractivity contribution in [3.8, 4) is 0 Å². The average molecular weight is 280 g/mol. The molecule has 0 aromatic carbocycles. The Morgan fingerprint density at radius 2 is 2.05 bits per heavy atom. The van der Waals surface area contributed by atoms with Gasteiger partial charge in [0.2, 0.25) is 0 Å². The Hall–Kier alpha value is -0.900. The number of allylic oxidation sites excluding steroid dienone is 2. The number of ether oxygens (including phenoxy) is 2. The summed E-state index contributed by atoms with van der Waals surface area (Å²) in [6.45, 7) is 7.41. The maximum atomic E-state index is 10.3. The Kier molecular flexibility index (Phi) is 7.82. The van der Waals surface area contributed by atoms with Gasteiger partial charge in [0, 0.05) is 13.0 Å². The molecule has 0 saturated heterocycles. The van der Waals surface area contributed by atoms with Crippen molar-refractivity contribution in [3.63, 3.8) is 0 Å². The van der Waals surface area contributed by atoms with Crippen LogP contribution < -0.4 is 0 Å². The fourth-order valence-electron chi connectivity index (χ4n) is 2.29. The van der Waals surface area contributed by atoms with E-state index in [1.165, 1.54) is 5.57 Å². The molecule has 3 atom stereocenters. The van der Waals surface area contributed by atoms with Crippen LogP contribution in [0.3, 0.4) is 0 Å². The Bertz CT molecular complexity index is 368. The molecule has 3 unspecified atom stereocenters. The number of hydrogen-bond donors (Lipinski definition) is 1. The minimum atomic E-state index is -0.536. The van der Waals surface area contributed by atoms with Gasteiger partial charge in [0.25, 0.3) is 0 Å². The predicted molar refractivity (Wildman–Crippen MR) is 82.7 cm³/mol. The molecule has 0 amide bonds. The average Bonchev–Trinajstić information content (AvgIpc) is 2.42.